The maximum atomic E-state index is 12.0. The molecule has 0 spiro atoms. The zero-order chi connectivity index (χ0) is 16.6. The molecule has 1 aliphatic heterocycles. The minimum absolute atomic E-state index is 0.124. The number of hydrogen-bond donors (Lipinski definition) is 2. The number of nitrogens with one attached hydrogen (secondary N) is 2. The number of anilines is 1. The summed E-state index contributed by atoms with van der Waals surface area (Å²) in [6.45, 7) is 3.90. The number of hydrogen-bond acceptors (Lipinski definition) is 2. The molecule has 1 fully saturated rings. The number of amides is 2. The summed E-state index contributed by atoms with van der Waals surface area (Å²) in [7, 11) is 0. The van der Waals surface area contributed by atoms with Crippen molar-refractivity contribution in [3.05, 3.63) is 66.2 Å². The smallest absolute Gasteiger partial charge is 0.319 e. The molecule has 1 aliphatic rings. The fourth-order valence-electron chi connectivity index (χ4n) is 3.24. The highest BCUT2D eigenvalue weighted by Crippen LogP contribution is 2.18. The third-order valence-corrected chi connectivity index (χ3v) is 4.44. The van der Waals surface area contributed by atoms with Gasteiger partial charge in [0.25, 0.3) is 0 Å². The summed E-state index contributed by atoms with van der Waals surface area (Å²) < 4.78 is 0. The van der Waals surface area contributed by atoms with Gasteiger partial charge in [0.05, 0.1) is 0 Å². The van der Waals surface area contributed by atoms with Crippen molar-refractivity contribution < 1.29 is 4.79 Å². The zero-order valence-corrected chi connectivity index (χ0v) is 13.9. The van der Waals surface area contributed by atoms with Crippen LogP contribution in [0.2, 0.25) is 0 Å². The van der Waals surface area contributed by atoms with Gasteiger partial charge in [-0.1, -0.05) is 48.5 Å². The van der Waals surface area contributed by atoms with Crippen LogP contribution in [0.25, 0.3) is 0 Å². The summed E-state index contributed by atoms with van der Waals surface area (Å²) in [5, 5.41) is 5.88. The number of nitrogens with zero attached hydrogens (tertiary/aromatic N) is 1. The van der Waals surface area contributed by atoms with Crippen molar-refractivity contribution in [1.29, 1.82) is 0 Å². The van der Waals surface area contributed by atoms with Gasteiger partial charge in [0.15, 0.2) is 0 Å². The second-order valence-electron chi connectivity index (χ2n) is 6.43. The van der Waals surface area contributed by atoms with Crippen LogP contribution in [0.5, 0.6) is 0 Å². The molecular formula is C20H25N3O. The molecule has 1 atom stereocenters. The molecule has 0 saturated carbocycles. The molecule has 0 aromatic heterocycles. The van der Waals surface area contributed by atoms with Crippen LogP contribution in [0.4, 0.5) is 10.5 Å². The first kappa shape index (κ1) is 16.5. The SMILES string of the molecule is O=C(NC[C@H]1CCCN(Cc2ccccc2)C1)Nc1ccccc1. The van der Waals surface area contributed by atoms with Crippen molar-refractivity contribution in [3.8, 4) is 0 Å². The van der Waals surface area contributed by atoms with Crippen LogP contribution in [-0.2, 0) is 6.54 Å². The summed E-state index contributed by atoms with van der Waals surface area (Å²) in [5.74, 6) is 0.518. The molecule has 2 amide bonds. The Morgan fingerprint density at radius 1 is 1.04 bits per heavy atom. The Labute approximate surface area is 143 Å². The Morgan fingerprint density at radius 2 is 1.75 bits per heavy atom. The van der Waals surface area contributed by atoms with E-state index in [0.29, 0.717) is 5.92 Å². The Balaban J connectivity index is 1.43. The van der Waals surface area contributed by atoms with Crippen molar-refractivity contribution in [3.63, 3.8) is 0 Å². The van der Waals surface area contributed by atoms with E-state index in [1.807, 2.05) is 30.3 Å². The highest BCUT2D eigenvalue weighted by atomic mass is 16.2. The molecule has 0 unspecified atom stereocenters. The fraction of sp³-hybridized carbons (Fsp3) is 0.350. The predicted molar refractivity (Wildman–Crippen MR) is 97.9 cm³/mol. The number of para-hydroxylation sites is 1. The molecule has 24 heavy (non-hydrogen) atoms. The number of likely N-dealkylation sites (tertiary alicyclic amines) is 1. The van der Waals surface area contributed by atoms with Gasteiger partial charge in [0, 0.05) is 25.3 Å². The van der Waals surface area contributed by atoms with Crippen LogP contribution in [-0.4, -0.2) is 30.6 Å². The van der Waals surface area contributed by atoms with Crippen molar-refractivity contribution in [2.75, 3.05) is 25.0 Å². The van der Waals surface area contributed by atoms with E-state index in [4.69, 9.17) is 0 Å². The van der Waals surface area contributed by atoms with E-state index in [2.05, 4.69) is 45.9 Å². The number of benzene rings is 2. The molecule has 2 aromatic rings. The molecule has 0 radical (unpaired) electrons. The van der Waals surface area contributed by atoms with Crippen LogP contribution < -0.4 is 10.6 Å². The van der Waals surface area contributed by atoms with Crippen LogP contribution in [0.3, 0.4) is 0 Å². The largest absolute Gasteiger partial charge is 0.338 e. The van der Waals surface area contributed by atoms with Gasteiger partial charge in [0.1, 0.15) is 0 Å². The lowest BCUT2D eigenvalue weighted by atomic mass is 9.97. The van der Waals surface area contributed by atoms with Gasteiger partial charge in [-0.15, -0.1) is 0 Å². The molecule has 0 aliphatic carbocycles. The maximum Gasteiger partial charge on any atom is 0.319 e. The lowest BCUT2D eigenvalue weighted by molar-refractivity contribution is 0.166. The van der Waals surface area contributed by atoms with E-state index in [0.717, 1.165) is 31.9 Å². The van der Waals surface area contributed by atoms with Crippen LogP contribution in [0.15, 0.2) is 60.7 Å². The molecular weight excluding hydrogens is 298 g/mol. The highest BCUT2D eigenvalue weighted by molar-refractivity contribution is 5.89. The van der Waals surface area contributed by atoms with E-state index in [1.54, 1.807) is 0 Å². The van der Waals surface area contributed by atoms with E-state index < -0.39 is 0 Å². The van der Waals surface area contributed by atoms with Crippen LogP contribution in [0, 0.1) is 5.92 Å². The van der Waals surface area contributed by atoms with Gasteiger partial charge in [-0.2, -0.15) is 0 Å². The Bertz CT molecular complexity index is 630. The monoisotopic (exact) mass is 323 g/mol. The quantitative estimate of drug-likeness (QED) is 0.881. The second kappa shape index (κ2) is 8.50. The van der Waals surface area contributed by atoms with Crippen LogP contribution >= 0.6 is 0 Å². The topological polar surface area (TPSA) is 44.4 Å². The lowest BCUT2D eigenvalue weighted by Gasteiger charge is -2.32. The molecule has 2 N–H and O–H groups in total. The second-order valence-corrected chi connectivity index (χ2v) is 6.43. The normalized spacial score (nSPS) is 18.1. The number of carbonyl (C=O) groups is 1. The fourth-order valence-corrected chi connectivity index (χ4v) is 3.24. The summed E-state index contributed by atoms with van der Waals surface area (Å²) in [5.41, 5.74) is 2.18. The molecule has 126 valence electrons. The van der Waals surface area contributed by atoms with E-state index in [1.165, 1.54) is 18.4 Å². The molecule has 1 saturated heterocycles. The summed E-state index contributed by atoms with van der Waals surface area (Å²) in [4.78, 5) is 14.5. The number of rotatable bonds is 5. The average molecular weight is 323 g/mol. The summed E-state index contributed by atoms with van der Waals surface area (Å²) in [6, 6.07) is 20.0. The molecule has 4 heteroatoms. The first-order chi connectivity index (χ1) is 11.8. The van der Waals surface area contributed by atoms with Crippen molar-refractivity contribution in [2.45, 2.75) is 19.4 Å². The van der Waals surface area contributed by atoms with E-state index in [9.17, 15) is 4.79 Å². The molecule has 1 heterocycles. The average Bonchev–Trinajstić information content (AvgIpc) is 2.62. The zero-order valence-electron chi connectivity index (χ0n) is 13.9. The molecule has 4 nitrogen and oxygen atoms in total. The van der Waals surface area contributed by atoms with Gasteiger partial charge in [-0.25, -0.2) is 4.79 Å². The van der Waals surface area contributed by atoms with Gasteiger partial charge in [-0.3, -0.25) is 4.90 Å². The molecule has 2 aromatic carbocycles. The Kier molecular flexibility index (Phi) is 5.85. The molecule has 0 bridgehead atoms. The van der Waals surface area contributed by atoms with Crippen molar-refractivity contribution in [2.24, 2.45) is 5.92 Å². The minimum Gasteiger partial charge on any atom is -0.338 e. The summed E-state index contributed by atoms with van der Waals surface area (Å²) in [6.07, 6.45) is 2.37. The van der Waals surface area contributed by atoms with E-state index in [-0.39, 0.29) is 6.03 Å². The Hall–Kier alpha value is -2.33. The van der Waals surface area contributed by atoms with Gasteiger partial charge < -0.3 is 10.6 Å². The number of urea groups is 1. The predicted octanol–water partition coefficient (Wildman–Crippen LogP) is 3.72. The first-order valence-electron chi connectivity index (χ1n) is 8.66. The summed E-state index contributed by atoms with van der Waals surface area (Å²) >= 11 is 0. The maximum absolute atomic E-state index is 12.0. The standard InChI is InChI=1S/C20H25N3O/c24-20(22-19-11-5-2-6-12-19)21-14-18-10-7-13-23(16-18)15-17-8-3-1-4-9-17/h1-6,8-9,11-12,18H,7,10,13-16H2,(H2,21,22,24)/t18-/m1/s1. The minimum atomic E-state index is -0.124. The number of carbonyl (C=O) groups excluding carboxylic acids is 1. The molecule has 3 rings (SSSR count). The Morgan fingerprint density at radius 3 is 2.50 bits per heavy atom. The van der Waals surface area contributed by atoms with Crippen molar-refractivity contribution >= 4 is 11.7 Å². The third kappa shape index (κ3) is 5.10. The number of piperidine rings is 1. The van der Waals surface area contributed by atoms with Crippen LogP contribution in [0.1, 0.15) is 18.4 Å². The van der Waals surface area contributed by atoms with Gasteiger partial charge >= 0.3 is 6.03 Å². The lowest BCUT2D eigenvalue weighted by Crippen LogP contribution is -2.41. The highest BCUT2D eigenvalue weighted by Gasteiger charge is 2.20. The van der Waals surface area contributed by atoms with Crippen molar-refractivity contribution in [1.82, 2.24) is 10.2 Å². The third-order valence-electron chi connectivity index (χ3n) is 4.44. The van der Waals surface area contributed by atoms with E-state index >= 15 is 0 Å². The first-order valence-corrected chi connectivity index (χ1v) is 8.66. The van der Waals surface area contributed by atoms with Gasteiger partial charge in [-0.05, 0) is 43.0 Å². The van der Waals surface area contributed by atoms with Gasteiger partial charge in [0.2, 0.25) is 0 Å².